The van der Waals surface area contributed by atoms with E-state index in [-0.39, 0.29) is 0 Å². The van der Waals surface area contributed by atoms with Crippen LogP contribution in [0.1, 0.15) is 51.6 Å². The van der Waals surface area contributed by atoms with E-state index >= 15 is 0 Å². The molecule has 2 unspecified atom stereocenters. The van der Waals surface area contributed by atoms with Gasteiger partial charge in [-0.1, -0.05) is 31.9 Å². The van der Waals surface area contributed by atoms with Crippen LogP contribution in [0.25, 0.3) is 0 Å². The fourth-order valence-corrected chi connectivity index (χ4v) is 1.91. The normalized spacial score (nSPS) is 14.7. The van der Waals surface area contributed by atoms with Crippen molar-refractivity contribution in [2.45, 2.75) is 52.1 Å². The van der Waals surface area contributed by atoms with Crippen LogP contribution in [0.15, 0.2) is 24.3 Å². The maximum Gasteiger partial charge on any atom is 0.115 e. The largest absolute Gasteiger partial charge is 0.508 e. The van der Waals surface area contributed by atoms with Crippen molar-refractivity contribution in [3.05, 3.63) is 29.8 Å². The van der Waals surface area contributed by atoms with Crippen molar-refractivity contribution in [3.63, 3.8) is 0 Å². The van der Waals surface area contributed by atoms with Gasteiger partial charge in [-0.05, 0) is 38.0 Å². The Morgan fingerprint density at radius 3 is 2.69 bits per heavy atom. The molecular weight excluding hydrogens is 198 g/mol. The van der Waals surface area contributed by atoms with Crippen LogP contribution in [-0.2, 0) is 0 Å². The lowest BCUT2D eigenvalue weighted by Gasteiger charge is -2.20. The topological polar surface area (TPSA) is 32.3 Å². The van der Waals surface area contributed by atoms with Gasteiger partial charge < -0.3 is 10.4 Å². The van der Waals surface area contributed by atoms with E-state index in [2.05, 4.69) is 26.1 Å². The quantitative estimate of drug-likeness (QED) is 0.769. The van der Waals surface area contributed by atoms with Gasteiger partial charge in [0.25, 0.3) is 0 Å². The summed E-state index contributed by atoms with van der Waals surface area (Å²) in [5.41, 5.74) is 1.14. The summed E-state index contributed by atoms with van der Waals surface area (Å²) >= 11 is 0. The average Bonchev–Trinajstić information content (AvgIpc) is 2.26. The molecule has 1 rings (SSSR count). The highest BCUT2D eigenvalue weighted by Gasteiger charge is 2.09. The van der Waals surface area contributed by atoms with Gasteiger partial charge in [0.15, 0.2) is 0 Å². The van der Waals surface area contributed by atoms with Crippen molar-refractivity contribution < 1.29 is 5.11 Å². The highest BCUT2D eigenvalue weighted by molar-refractivity contribution is 5.29. The maximum absolute atomic E-state index is 9.41. The molecule has 1 aromatic rings. The minimum atomic E-state index is 0.291. The number of aromatic hydroxyl groups is 1. The number of hydrogen-bond donors (Lipinski definition) is 2. The number of phenolic OH excluding ortho intramolecular Hbond substituents is 1. The predicted molar refractivity (Wildman–Crippen MR) is 68.6 cm³/mol. The third-order valence-electron chi connectivity index (χ3n) is 2.90. The monoisotopic (exact) mass is 221 g/mol. The molecule has 0 aliphatic heterocycles. The zero-order valence-electron chi connectivity index (χ0n) is 10.5. The van der Waals surface area contributed by atoms with E-state index in [0.29, 0.717) is 17.8 Å². The number of rotatable bonds is 6. The molecule has 16 heavy (non-hydrogen) atoms. The lowest BCUT2D eigenvalue weighted by Crippen LogP contribution is -2.28. The number of benzene rings is 1. The summed E-state index contributed by atoms with van der Waals surface area (Å²) < 4.78 is 0. The molecule has 0 bridgehead atoms. The molecule has 0 fully saturated rings. The number of nitrogens with one attached hydrogen (secondary N) is 1. The van der Waals surface area contributed by atoms with Crippen LogP contribution in [0.2, 0.25) is 0 Å². The molecule has 0 radical (unpaired) electrons. The molecule has 2 nitrogen and oxygen atoms in total. The Bertz CT molecular complexity index is 311. The molecule has 2 N–H and O–H groups in total. The van der Waals surface area contributed by atoms with Crippen molar-refractivity contribution in [2.24, 2.45) is 0 Å². The van der Waals surface area contributed by atoms with Crippen LogP contribution in [0.3, 0.4) is 0 Å². The Labute approximate surface area is 98.7 Å². The number of hydrogen-bond acceptors (Lipinski definition) is 2. The fourth-order valence-electron chi connectivity index (χ4n) is 1.91. The molecule has 1 aromatic carbocycles. The van der Waals surface area contributed by atoms with E-state index in [1.54, 1.807) is 6.07 Å². The summed E-state index contributed by atoms with van der Waals surface area (Å²) in [5.74, 6) is 0.340. The second kappa shape index (κ2) is 6.54. The van der Waals surface area contributed by atoms with Gasteiger partial charge in [0.05, 0.1) is 0 Å². The Balaban J connectivity index is 2.48. The first-order valence-electron chi connectivity index (χ1n) is 6.18. The lowest BCUT2D eigenvalue weighted by atomic mass is 10.1. The molecule has 0 saturated carbocycles. The third-order valence-corrected chi connectivity index (χ3v) is 2.90. The van der Waals surface area contributed by atoms with Crippen molar-refractivity contribution in [3.8, 4) is 5.75 Å². The summed E-state index contributed by atoms with van der Waals surface area (Å²) in [6.45, 7) is 6.57. The SMILES string of the molecule is CCCCC(C)NC(C)c1cccc(O)c1. The Morgan fingerprint density at radius 1 is 1.31 bits per heavy atom. The smallest absolute Gasteiger partial charge is 0.115 e. The zero-order chi connectivity index (χ0) is 12.0. The Hall–Kier alpha value is -1.02. The van der Waals surface area contributed by atoms with E-state index < -0.39 is 0 Å². The summed E-state index contributed by atoms with van der Waals surface area (Å²) in [6, 6.07) is 8.28. The van der Waals surface area contributed by atoms with Crippen LogP contribution < -0.4 is 5.32 Å². The Kier molecular flexibility index (Phi) is 5.33. The van der Waals surface area contributed by atoms with Crippen molar-refractivity contribution in [1.29, 1.82) is 0 Å². The highest BCUT2D eigenvalue weighted by Crippen LogP contribution is 2.18. The van der Waals surface area contributed by atoms with Crippen LogP contribution >= 0.6 is 0 Å². The fraction of sp³-hybridized carbons (Fsp3) is 0.571. The van der Waals surface area contributed by atoms with Crippen LogP contribution in [0.4, 0.5) is 0 Å². The van der Waals surface area contributed by atoms with E-state index in [1.165, 1.54) is 19.3 Å². The minimum absolute atomic E-state index is 0.291. The van der Waals surface area contributed by atoms with E-state index in [4.69, 9.17) is 0 Å². The number of unbranched alkanes of at least 4 members (excludes halogenated alkanes) is 1. The van der Waals surface area contributed by atoms with Crippen molar-refractivity contribution >= 4 is 0 Å². The van der Waals surface area contributed by atoms with E-state index in [1.807, 2.05) is 18.2 Å². The van der Waals surface area contributed by atoms with Gasteiger partial charge in [-0.15, -0.1) is 0 Å². The summed E-state index contributed by atoms with van der Waals surface area (Å²) in [5, 5.41) is 13.0. The van der Waals surface area contributed by atoms with Crippen molar-refractivity contribution in [2.75, 3.05) is 0 Å². The number of phenols is 1. The molecule has 0 amide bonds. The molecule has 2 heteroatoms. The van der Waals surface area contributed by atoms with E-state index in [9.17, 15) is 5.11 Å². The predicted octanol–water partition coefficient (Wildman–Crippen LogP) is 3.62. The molecule has 0 saturated heterocycles. The lowest BCUT2D eigenvalue weighted by molar-refractivity contribution is 0.440. The molecule has 0 aliphatic carbocycles. The summed E-state index contributed by atoms with van der Waals surface area (Å²) in [4.78, 5) is 0. The molecule has 0 aliphatic rings. The van der Waals surface area contributed by atoms with Crippen LogP contribution in [0.5, 0.6) is 5.75 Å². The first-order valence-corrected chi connectivity index (χ1v) is 6.18. The molecule has 0 spiro atoms. The standard InChI is InChI=1S/C14H23NO/c1-4-5-7-11(2)15-12(3)13-8-6-9-14(16)10-13/h6,8-12,15-16H,4-5,7H2,1-3H3. The van der Waals surface area contributed by atoms with Gasteiger partial charge >= 0.3 is 0 Å². The van der Waals surface area contributed by atoms with Gasteiger partial charge in [-0.3, -0.25) is 0 Å². The van der Waals surface area contributed by atoms with Crippen LogP contribution in [0, 0.1) is 0 Å². The van der Waals surface area contributed by atoms with Gasteiger partial charge in [0.2, 0.25) is 0 Å². The second-order valence-electron chi connectivity index (χ2n) is 4.53. The van der Waals surface area contributed by atoms with Gasteiger partial charge in [-0.25, -0.2) is 0 Å². The maximum atomic E-state index is 9.41. The van der Waals surface area contributed by atoms with Gasteiger partial charge in [-0.2, -0.15) is 0 Å². The first-order chi connectivity index (χ1) is 7.63. The molecule has 2 atom stereocenters. The van der Waals surface area contributed by atoms with E-state index in [0.717, 1.165) is 5.56 Å². The van der Waals surface area contributed by atoms with Gasteiger partial charge in [0.1, 0.15) is 5.75 Å². The van der Waals surface area contributed by atoms with Crippen molar-refractivity contribution in [1.82, 2.24) is 5.32 Å². The second-order valence-corrected chi connectivity index (χ2v) is 4.53. The molecular formula is C14H23NO. The molecule has 90 valence electrons. The average molecular weight is 221 g/mol. The summed E-state index contributed by atoms with van der Waals surface area (Å²) in [7, 11) is 0. The van der Waals surface area contributed by atoms with Crippen LogP contribution in [-0.4, -0.2) is 11.1 Å². The molecule has 0 heterocycles. The molecule has 0 aromatic heterocycles. The minimum Gasteiger partial charge on any atom is -0.508 e. The first kappa shape index (κ1) is 13.0. The zero-order valence-corrected chi connectivity index (χ0v) is 10.5. The third kappa shape index (κ3) is 4.23. The van der Waals surface area contributed by atoms with Gasteiger partial charge in [0, 0.05) is 12.1 Å². The highest BCUT2D eigenvalue weighted by atomic mass is 16.3. The summed E-state index contributed by atoms with van der Waals surface area (Å²) in [6.07, 6.45) is 3.72. The Morgan fingerprint density at radius 2 is 2.06 bits per heavy atom.